The lowest BCUT2D eigenvalue weighted by atomic mass is 10.2. The quantitative estimate of drug-likeness (QED) is 0.668. The number of rotatable bonds is 5. The number of carbonyl (C=O) groups is 1. The molecule has 0 aliphatic heterocycles. The first-order chi connectivity index (χ1) is 11.1. The molecule has 0 saturated heterocycles. The molecule has 2 heterocycles. The number of carbonyl (C=O) groups excluding carboxylic acids is 1. The molecule has 3 aromatic rings. The van der Waals surface area contributed by atoms with Gasteiger partial charge in [-0.3, -0.25) is 4.68 Å². The zero-order valence-electron chi connectivity index (χ0n) is 12.3. The van der Waals surface area contributed by atoms with E-state index in [2.05, 4.69) is 15.3 Å². The third-order valence-corrected chi connectivity index (χ3v) is 3.42. The first-order valence-electron chi connectivity index (χ1n) is 6.84. The van der Waals surface area contributed by atoms with Crippen LogP contribution in [0.1, 0.15) is 27.7 Å². The Labute approximate surface area is 136 Å². The number of halogens is 1. The Morgan fingerprint density at radius 2 is 2.17 bits per heavy atom. The van der Waals surface area contributed by atoms with Crippen molar-refractivity contribution < 1.29 is 13.9 Å². The normalized spacial score (nSPS) is 10.7. The number of aromatic nitrogens is 4. The third kappa shape index (κ3) is 3.75. The summed E-state index contributed by atoms with van der Waals surface area (Å²) in [6, 6.07) is 7.46. The average molecular weight is 333 g/mol. The monoisotopic (exact) mass is 332 g/mol. The minimum absolute atomic E-state index is 0.0740. The van der Waals surface area contributed by atoms with E-state index in [4.69, 9.17) is 20.8 Å². The van der Waals surface area contributed by atoms with E-state index in [-0.39, 0.29) is 12.5 Å². The number of hydrogen-bond acceptors (Lipinski definition) is 6. The van der Waals surface area contributed by atoms with Crippen LogP contribution in [-0.4, -0.2) is 25.9 Å². The van der Waals surface area contributed by atoms with Crippen molar-refractivity contribution >= 4 is 17.6 Å². The second-order valence-corrected chi connectivity index (χ2v) is 5.22. The van der Waals surface area contributed by atoms with Gasteiger partial charge in [-0.05, 0) is 11.6 Å². The van der Waals surface area contributed by atoms with Crippen LogP contribution in [0.25, 0.3) is 0 Å². The minimum Gasteiger partial charge on any atom is -0.452 e. The fourth-order valence-corrected chi connectivity index (χ4v) is 2.16. The molecule has 0 fully saturated rings. The van der Waals surface area contributed by atoms with Crippen molar-refractivity contribution in [1.29, 1.82) is 0 Å². The van der Waals surface area contributed by atoms with Gasteiger partial charge in [0, 0.05) is 18.1 Å². The topological polar surface area (TPSA) is 83.0 Å². The van der Waals surface area contributed by atoms with Crippen LogP contribution in [-0.2, 0) is 17.9 Å². The number of esters is 1. The Morgan fingerprint density at radius 3 is 2.91 bits per heavy atom. The molecule has 0 bridgehead atoms. The van der Waals surface area contributed by atoms with E-state index in [1.807, 2.05) is 24.3 Å². The van der Waals surface area contributed by atoms with Gasteiger partial charge in [0.1, 0.15) is 0 Å². The Morgan fingerprint density at radius 1 is 1.35 bits per heavy atom. The standard InChI is InChI=1S/C15H13ClN4O3/c1-10-18-19-14(23-10)9-22-15(21)12-6-17-20(8-12)7-11-4-2-3-5-13(11)16/h2-6,8H,7,9H2,1H3. The van der Waals surface area contributed by atoms with Gasteiger partial charge >= 0.3 is 5.97 Å². The number of benzene rings is 1. The summed E-state index contributed by atoms with van der Waals surface area (Å²) >= 11 is 6.11. The Bertz CT molecular complexity index is 828. The summed E-state index contributed by atoms with van der Waals surface area (Å²) in [7, 11) is 0. The fraction of sp³-hybridized carbons (Fsp3) is 0.200. The maximum absolute atomic E-state index is 12.0. The Kier molecular flexibility index (Phi) is 4.38. The van der Waals surface area contributed by atoms with Gasteiger partial charge in [-0.15, -0.1) is 10.2 Å². The van der Waals surface area contributed by atoms with Gasteiger partial charge in [-0.2, -0.15) is 5.10 Å². The van der Waals surface area contributed by atoms with Crippen molar-refractivity contribution in [2.45, 2.75) is 20.1 Å². The highest BCUT2D eigenvalue weighted by molar-refractivity contribution is 6.31. The van der Waals surface area contributed by atoms with E-state index in [0.717, 1.165) is 5.56 Å². The van der Waals surface area contributed by atoms with E-state index in [1.165, 1.54) is 6.20 Å². The van der Waals surface area contributed by atoms with Gasteiger partial charge in [0.05, 0.1) is 18.3 Å². The lowest BCUT2D eigenvalue weighted by Crippen LogP contribution is -2.05. The largest absolute Gasteiger partial charge is 0.452 e. The van der Waals surface area contributed by atoms with E-state index in [9.17, 15) is 4.79 Å². The second kappa shape index (κ2) is 6.62. The number of hydrogen-bond donors (Lipinski definition) is 0. The van der Waals surface area contributed by atoms with Crippen molar-refractivity contribution in [3.8, 4) is 0 Å². The molecule has 23 heavy (non-hydrogen) atoms. The zero-order valence-corrected chi connectivity index (χ0v) is 13.0. The maximum Gasteiger partial charge on any atom is 0.341 e. The number of aryl methyl sites for hydroxylation is 1. The zero-order chi connectivity index (χ0) is 16.2. The van der Waals surface area contributed by atoms with Crippen LogP contribution in [0.2, 0.25) is 5.02 Å². The molecular weight excluding hydrogens is 320 g/mol. The number of ether oxygens (including phenoxy) is 1. The van der Waals surface area contributed by atoms with Crippen LogP contribution in [0.15, 0.2) is 41.1 Å². The van der Waals surface area contributed by atoms with Crippen molar-refractivity contribution in [2.75, 3.05) is 0 Å². The molecule has 2 aromatic heterocycles. The molecule has 0 radical (unpaired) electrons. The molecule has 0 atom stereocenters. The summed E-state index contributed by atoms with van der Waals surface area (Å²) < 4.78 is 11.9. The lowest BCUT2D eigenvalue weighted by Gasteiger charge is -2.03. The Hall–Kier alpha value is -2.67. The summed E-state index contributed by atoms with van der Waals surface area (Å²) in [6.45, 7) is 2.06. The van der Waals surface area contributed by atoms with Crippen LogP contribution in [0.5, 0.6) is 0 Å². The van der Waals surface area contributed by atoms with Gasteiger partial charge in [-0.1, -0.05) is 29.8 Å². The SMILES string of the molecule is Cc1nnc(COC(=O)c2cnn(Cc3ccccc3Cl)c2)o1. The summed E-state index contributed by atoms with van der Waals surface area (Å²) in [4.78, 5) is 12.0. The van der Waals surface area contributed by atoms with Gasteiger partial charge in [0.25, 0.3) is 5.89 Å². The molecule has 118 valence electrons. The molecule has 0 N–H and O–H groups in total. The maximum atomic E-state index is 12.0. The molecule has 7 nitrogen and oxygen atoms in total. The van der Waals surface area contributed by atoms with Crippen LogP contribution in [0.3, 0.4) is 0 Å². The predicted octanol–water partition coefficient (Wildman–Crippen LogP) is 2.63. The van der Waals surface area contributed by atoms with Crippen LogP contribution < -0.4 is 0 Å². The van der Waals surface area contributed by atoms with Crippen molar-refractivity contribution in [2.24, 2.45) is 0 Å². The van der Waals surface area contributed by atoms with Gasteiger partial charge < -0.3 is 9.15 Å². The average Bonchev–Trinajstić information content (AvgIpc) is 3.16. The second-order valence-electron chi connectivity index (χ2n) is 4.81. The highest BCUT2D eigenvalue weighted by Crippen LogP contribution is 2.16. The van der Waals surface area contributed by atoms with Crippen molar-refractivity contribution in [1.82, 2.24) is 20.0 Å². The summed E-state index contributed by atoms with van der Waals surface area (Å²) in [5.41, 5.74) is 1.26. The van der Waals surface area contributed by atoms with Crippen molar-refractivity contribution in [3.63, 3.8) is 0 Å². The van der Waals surface area contributed by atoms with E-state index in [1.54, 1.807) is 17.8 Å². The molecule has 0 saturated carbocycles. The molecule has 0 amide bonds. The molecule has 0 aliphatic rings. The van der Waals surface area contributed by atoms with Gasteiger partial charge in [0.15, 0.2) is 6.61 Å². The molecule has 0 aliphatic carbocycles. The van der Waals surface area contributed by atoms with Crippen molar-refractivity contribution in [3.05, 3.63) is 64.6 Å². The highest BCUT2D eigenvalue weighted by Gasteiger charge is 2.13. The van der Waals surface area contributed by atoms with E-state index >= 15 is 0 Å². The minimum atomic E-state index is -0.508. The summed E-state index contributed by atoms with van der Waals surface area (Å²) in [5.74, 6) is 0.161. The van der Waals surface area contributed by atoms with Crippen LogP contribution in [0.4, 0.5) is 0 Å². The fourth-order valence-electron chi connectivity index (χ4n) is 1.96. The molecule has 8 heteroatoms. The first-order valence-corrected chi connectivity index (χ1v) is 7.21. The molecule has 1 aromatic carbocycles. The third-order valence-electron chi connectivity index (χ3n) is 3.05. The van der Waals surface area contributed by atoms with E-state index < -0.39 is 5.97 Å². The molecule has 0 spiro atoms. The smallest absolute Gasteiger partial charge is 0.341 e. The number of nitrogens with zero attached hydrogens (tertiary/aromatic N) is 4. The van der Waals surface area contributed by atoms with Gasteiger partial charge in [0.2, 0.25) is 5.89 Å². The van der Waals surface area contributed by atoms with Crippen LogP contribution >= 0.6 is 11.6 Å². The predicted molar refractivity (Wildman–Crippen MR) is 80.9 cm³/mol. The van der Waals surface area contributed by atoms with Gasteiger partial charge in [-0.25, -0.2) is 4.79 Å². The summed E-state index contributed by atoms with van der Waals surface area (Å²) in [6.07, 6.45) is 3.04. The molecule has 0 unspecified atom stereocenters. The first kappa shape index (κ1) is 15.2. The molecular formula is C15H13ClN4O3. The summed E-state index contributed by atoms with van der Waals surface area (Å²) in [5, 5.41) is 12.2. The van der Waals surface area contributed by atoms with Crippen LogP contribution in [0, 0.1) is 6.92 Å². The lowest BCUT2D eigenvalue weighted by molar-refractivity contribution is 0.0436. The Balaban J connectivity index is 1.62. The highest BCUT2D eigenvalue weighted by atomic mass is 35.5. The van der Waals surface area contributed by atoms with E-state index in [0.29, 0.717) is 23.0 Å². The molecule has 3 rings (SSSR count).